The van der Waals surface area contributed by atoms with Gasteiger partial charge in [-0.15, -0.1) is 0 Å². The van der Waals surface area contributed by atoms with E-state index in [0.717, 1.165) is 4.90 Å². The van der Waals surface area contributed by atoms with Crippen LogP contribution in [0.4, 0.5) is 0 Å². The Morgan fingerprint density at radius 2 is 1.70 bits per heavy atom. The zero-order chi connectivity index (χ0) is 17.0. The van der Waals surface area contributed by atoms with Gasteiger partial charge in [0.05, 0.1) is 11.1 Å². The van der Waals surface area contributed by atoms with E-state index in [9.17, 15) is 19.2 Å². The van der Waals surface area contributed by atoms with Crippen LogP contribution in [0.2, 0.25) is 0 Å². The van der Waals surface area contributed by atoms with Gasteiger partial charge < -0.3 is 10.1 Å². The van der Waals surface area contributed by atoms with E-state index in [0.29, 0.717) is 6.54 Å². The number of esters is 1. The molecule has 0 saturated heterocycles. The summed E-state index contributed by atoms with van der Waals surface area (Å²) in [7, 11) is 0. The van der Waals surface area contributed by atoms with Gasteiger partial charge in [-0.05, 0) is 18.1 Å². The van der Waals surface area contributed by atoms with Crippen LogP contribution in [0.5, 0.6) is 0 Å². The van der Waals surface area contributed by atoms with Gasteiger partial charge in [-0.3, -0.25) is 24.1 Å². The summed E-state index contributed by atoms with van der Waals surface area (Å²) >= 11 is 0. The molecule has 122 valence electrons. The molecule has 1 aromatic carbocycles. The molecule has 0 aromatic heterocycles. The van der Waals surface area contributed by atoms with Crippen molar-refractivity contribution in [3.8, 4) is 0 Å². The van der Waals surface area contributed by atoms with Gasteiger partial charge in [0, 0.05) is 6.54 Å². The molecule has 7 heteroatoms. The molecule has 1 aliphatic heterocycles. The molecule has 0 saturated carbocycles. The third kappa shape index (κ3) is 3.94. The molecule has 2 rings (SSSR count). The summed E-state index contributed by atoms with van der Waals surface area (Å²) in [5, 5.41) is 2.60. The SMILES string of the molecule is CC(C)CNC(=O)COC(=O)CN1C(=O)c2ccccc2C1=O. The normalized spacial score (nSPS) is 13.3. The van der Waals surface area contributed by atoms with Crippen molar-refractivity contribution in [3.05, 3.63) is 35.4 Å². The van der Waals surface area contributed by atoms with Gasteiger partial charge in [0.25, 0.3) is 17.7 Å². The molecule has 0 atom stereocenters. The van der Waals surface area contributed by atoms with Crippen molar-refractivity contribution in [2.75, 3.05) is 19.7 Å². The number of rotatable bonds is 6. The first-order chi connectivity index (χ1) is 10.9. The number of carbonyl (C=O) groups is 4. The Morgan fingerprint density at radius 1 is 1.13 bits per heavy atom. The summed E-state index contributed by atoms with van der Waals surface area (Å²) in [5.41, 5.74) is 0.528. The summed E-state index contributed by atoms with van der Waals surface area (Å²) < 4.78 is 4.80. The van der Waals surface area contributed by atoms with E-state index in [-0.39, 0.29) is 17.0 Å². The maximum atomic E-state index is 12.1. The monoisotopic (exact) mass is 318 g/mol. The second-order valence-corrected chi connectivity index (χ2v) is 5.60. The first kappa shape index (κ1) is 16.7. The second kappa shape index (κ2) is 7.04. The molecule has 0 aliphatic carbocycles. The average Bonchev–Trinajstić information content (AvgIpc) is 2.76. The van der Waals surface area contributed by atoms with Crippen molar-refractivity contribution in [2.45, 2.75) is 13.8 Å². The standard InChI is InChI=1S/C16H18N2O5/c1-10(2)7-17-13(19)9-23-14(20)8-18-15(21)11-5-3-4-6-12(11)16(18)22/h3-6,10H,7-9H2,1-2H3,(H,17,19). The number of imide groups is 1. The molecule has 3 amide bonds. The first-order valence-electron chi connectivity index (χ1n) is 7.27. The Kier molecular flexibility index (Phi) is 5.10. The van der Waals surface area contributed by atoms with Crippen LogP contribution in [-0.2, 0) is 14.3 Å². The van der Waals surface area contributed by atoms with Gasteiger partial charge in [0.1, 0.15) is 6.54 Å². The Bertz CT molecular complexity index is 619. The number of amides is 3. The quantitative estimate of drug-likeness (QED) is 0.612. The molecule has 0 bridgehead atoms. The number of benzene rings is 1. The molecule has 1 aliphatic rings. The van der Waals surface area contributed by atoms with E-state index in [4.69, 9.17) is 4.74 Å². The van der Waals surface area contributed by atoms with Crippen LogP contribution >= 0.6 is 0 Å². The zero-order valence-corrected chi connectivity index (χ0v) is 13.0. The molecule has 0 radical (unpaired) electrons. The van der Waals surface area contributed by atoms with Gasteiger partial charge in [-0.25, -0.2) is 0 Å². The fraction of sp³-hybridized carbons (Fsp3) is 0.375. The molecular formula is C16H18N2O5. The second-order valence-electron chi connectivity index (χ2n) is 5.60. The molecule has 0 spiro atoms. The number of hydrogen-bond donors (Lipinski definition) is 1. The highest BCUT2D eigenvalue weighted by Gasteiger charge is 2.36. The van der Waals surface area contributed by atoms with Gasteiger partial charge in [0.2, 0.25) is 0 Å². The summed E-state index contributed by atoms with van der Waals surface area (Å²) in [4.78, 5) is 48.2. The highest BCUT2D eigenvalue weighted by atomic mass is 16.5. The van der Waals surface area contributed by atoms with Crippen LogP contribution in [-0.4, -0.2) is 48.3 Å². The van der Waals surface area contributed by atoms with Crippen molar-refractivity contribution >= 4 is 23.7 Å². The highest BCUT2D eigenvalue weighted by Crippen LogP contribution is 2.21. The van der Waals surface area contributed by atoms with E-state index in [1.54, 1.807) is 12.1 Å². The van der Waals surface area contributed by atoms with Crippen molar-refractivity contribution in [1.29, 1.82) is 0 Å². The van der Waals surface area contributed by atoms with E-state index < -0.39 is 36.8 Å². The number of nitrogens with one attached hydrogen (secondary N) is 1. The Morgan fingerprint density at radius 3 is 2.22 bits per heavy atom. The lowest BCUT2D eigenvalue weighted by atomic mass is 10.1. The van der Waals surface area contributed by atoms with E-state index in [2.05, 4.69) is 5.32 Å². The predicted molar refractivity (Wildman–Crippen MR) is 80.6 cm³/mol. The van der Waals surface area contributed by atoms with Crippen molar-refractivity contribution in [2.24, 2.45) is 5.92 Å². The van der Waals surface area contributed by atoms with Crippen molar-refractivity contribution in [1.82, 2.24) is 10.2 Å². The van der Waals surface area contributed by atoms with Crippen LogP contribution in [0, 0.1) is 5.92 Å². The van der Waals surface area contributed by atoms with Crippen molar-refractivity contribution in [3.63, 3.8) is 0 Å². The van der Waals surface area contributed by atoms with Crippen LogP contribution in [0.15, 0.2) is 24.3 Å². The molecule has 1 aromatic rings. The molecule has 1 N–H and O–H groups in total. The lowest BCUT2D eigenvalue weighted by Gasteiger charge is -2.13. The Balaban J connectivity index is 1.86. The van der Waals surface area contributed by atoms with Gasteiger partial charge in [-0.1, -0.05) is 26.0 Å². The number of hydrogen-bond acceptors (Lipinski definition) is 5. The fourth-order valence-corrected chi connectivity index (χ4v) is 2.07. The minimum atomic E-state index is -0.806. The molecular weight excluding hydrogens is 300 g/mol. The Labute approximate surface area is 133 Å². The van der Waals surface area contributed by atoms with Crippen LogP contribution in [0.25, 0.3) is 0 Å². The molecule has 1 heterocycles. The first-order valence-corrected chi connectivity index (χ1v) is 7.27. The smallest absolute Gasteiger partial charge is 0.326 e. The number of fused-ring (bicyclic) bond motifs is 1. The molecule has 0 fully saturated rings. The number of ether oxygens (including phenoxy) is 1. The molecule has 23 heavy (non-hydrogen) atoms. The largest absolute Gasteiger partial charge is 0.454 e. The topological polar surface area (TPSA) is 92.8 Å². The van der Waals surface area contributed by atoms with Crippen LogP contribution in [0.1, 0.15) is 34.6 Å². The summed E-state index contributed by atoms with van der Waals surface area (Å²) in [6, 6.07) is 6.34. The van der Waals surface area contributed by atoms with Crippen LogP contribution < -0.4 is 5.32 Å². The number of carbonyl (C=O) groups excluding carboxylic acids is 4. The summed E-state index contributed by atoms with van der Waals surface area (Å²) in [6.07, 6.45) is 0. The summed E-state index contributed by atoms with van der Waals surface area (Å²) in [5.74, 6) is -2.01. The average molecular weight is 318 g/mol. The molecule has 0 unspecified atom stereocenters. The highest BCUT2D eigenvalue weighted by molar-refractivity contribution is 6.22. The van der Waals surface area contributed by atoms with E-state index in [1.165, 1.54) is 12.1 Å². The minimum Gasteiger partial charge on any atom is -0.454 e. The van der Waals surface area contributed by atoms with E-state index in [1.807, 2.05) is 13.8 Å². The lowest BCUT2D eigenvalue weighted by Crippen LogP contribution is -2.37. The zero-order valence-electron chi connectivity index (χ0n) is 13.0. The third-order valence-electron chi connectivity index (χ3n) is 3.24. The van der Waals surface area contributed by atoms with E-state index >= 15 is 0 Å². The van der Waals surface area contributed by atoms with Crippen LogP contribution in [0.3, 0.4) is 0 Å². The Hall–Kier alpha value is -2.70. The van der Waals surface area contributed by atoms with Crippen molar-refractivity contribution < 1.29 is 23.9 Å². The predicted octanol–water partition coefficient (Wildman–Crippen LogP) is 0.598. The minimum absolute atomic E-state index is 0.264. The third-order valence-corrected chi connectivity index (χ3v) is 3.24. The summed E-state index contributed by atoms with van der Waals surface area (Å²) in [6.45, 7) is 3.41. The lowest BCUT2D eigenvalue weighted by molar-refractivity contribution is -0.148. The number of nitrogens with zero attached hydrogens (tertiary/aromatic N) is 1. The van der Waals surface area contributed by atoms with Gasteiger partial charge >= 0.3 is 5.97 Å². The van der Waals surface area contributed by atoms with Gasteiger partial charge in [-0.2, -0.15) is 0 Å². The van der Waals surface area contributed by atoms with Gasteiger partial charge in [0.15, 0.2) is 6.61 Å². The fourth-order valence-electron chi connectivity index (χ4n) is 2.07. The maximum absolute atomic E-state index is 12.1. The maximum Gasteiger partial charge on any atom is 0.326 e. The molecule has 7 nitrogen and oxygen atoms in total.